The molecule has 0 saturated carbocycles. The van der Waals surface area contributed by atoms with Gasteiger partial charge in [0.05, 0.1) is 22.5 Å². The molecule has 1 amide bonds. The second-order valence-corrected chi connectivity index (χ2v) is 4.91. The van der Waals surface area contributed by atoms with Crippen LogP contribution in [0.1, 0.15) is 25.2 Å². The molecule has 0 spiro atoms. The highest BCUT2D eigenvalue weighted by Gasteiger charge is 2.27. The largest absolute Gasteiger partial charge is 0.322 e. The molecule has 1 N–H and O–H groups in total. The van der Waals surface area contributed by atoms with Crippen molar-refractivity contribution in [3.8, 4) is 0 Å². The molecule has 0 fully saturated rings. The molecule has 1 aromatic heterocycles. The van der Waals surface area contributed by atoms with Crippen LogP contribution in [0.2, 0.25) is 0 Å². The molecule has 1 heterocycles. The summed E-state index contributed by atoms with van der Waals surface area (Å²) >= 11 is 5.76. The summed E-state index contributed by atoms with van der Waals surface area (Å²) in [5, 5.41) is 7.12. The highest BCUT2D eigenvalue weighted by molar-refractivity contribution is 6.20. The van der Waals surface area contributed by atoms with E-state index in [1.807, 2.05) is 34.7 Å². The van der Waals surface area contributed by atoms with Gasteiger partial charge in [0.1, 0.15) is 0 Å². The van der Waals surface area contributed by atoms with Crippen LogP contribution in [0.25, 0.3) is 0 Å². The highest BCUT2D eigenvalue weighted by atomic mass is 35.5. The summed E-state index contributed by atoms with van der Waals surface area (Å²) in [4.78, 5) is 11.9. The van der Waals surface area contributed by atoms with Gasteiger partial charge in [-0.2, -0.15) is 5.10 Å². The molecule has 0 aliphatic carbocycles. The average Bonchev–Trinajstić information content (AvgIpc) is 2.45. The topological polar surface area (TPSA) is 46.9 Å². The molecule has 16 heavy (non-hydrogen) atoms. The molecule has 0 radical (unpaired) electrons. The summed E-state index contributed by atoms with van der Waals surface area (Å²) in [6.45, 7) is 7.42. The molecule has 0 unspecified atom stereocenters. The Balaban J connectivity index is 2.94. The van der Waals surface area contributed by atoms with Gasteiger partial charge in [0.25, 0.3) is 0 Å². The molecule has 0 aromatic carbocycles. The first-order chi connectivity index (χ1) is 7.29. The Hall–Kier alpha value is -1.03. The number of rotatable bonds is 3. The van der Waals surface area contributed by atoms with E-state index in [1.165, 1.54) is 0 Å². The van der Waals surface area contributed by atoms with E-state index in [4.69, 9.17) is 11.6 Å². The van der Waals surface area contributed by atoms with Crippen molar-refractivity contribution in [2.24, 2.45) is 12.5 Å². The number of hydrogen-bond acceptors (Lipinski definition) is 2. The third-order valence-electron chi connectivity index (χ3n) is 2.70. The van der Waals surface area contributed by atoms with Crippen molar-refractivity contribution < 1.29 is 4.79 Å². The standard InChI is InChI=1S/C11H18ClN3O/c1-7-9(8(2)15(5)14-7)13-10(16)11(3,4)6-12/h6H2,1-5H3,(H,13,16). The van der Waals surface area contributed by atoms with Crippen LogP contribution in [0.15, 0.2) is 0 Å². The van der Waals surface area contributed by atoms with Crippen molar-refractivity contribution in [2.45, 2.75) is 27.7 Å². The van der Waals surface area contributed by atoms with Gasteiger partial charge >= 0.3 is 0 Å². The van der Waals surface area contributed by atoms with Crippen molar-refractivity contribution >= 4 is 23.2 Å². The predicted molar refractivity (Wildman–Crippen MR) is 65.8 cm³/mol. The third-order valence-corrected chi connectivity index (χ3v) is 3.36. The zero-order chi connectivity index (χ0) is 12.5. The lowest BCUT2D eigenvalue weighted by molar-refractivity contribution is -0.122. The van der Waals surface area contributed by atoms with Crippen molar-refractivity contribution in [1.82, 2.24) is 9.78 Å². The maximum Gasteiger partial charge on any atom is 0.231 e. The molecular weight excluding hydrogens is 226 g/mol. The number of hydrogen-bond donors (Lipinski definition) is 1. The third kappa shape index (κ3) is 2.38. The number of carbonyl (C=O) groups is 1. The number of anilines is 1. The van der Waals surface area contributed by atoms with Crippen LogP contribution in [0, 0.1) is 19.3 Å². The quantitative estimate of drug-likeness (QED) is 0.828. The Labute approximate surface area is 101 Å². The van der Waals surface area contributed by atoms with E-state index in [9.17, 15) is 4.79 Å². The zero-order valence-corrected chi connectivity index (χ0v) is 11.1. The predicted octanol–water partition coefficient (Wildman–Crippen LogP) is 2.24. The van der Waals surface area contributed by atoms with Gasteiger partial charge in [-0.15, -0.1) is 11.6 Å². The van der Waals surface area contributed by atoms with Crippen molar-refractivity contribution in [2.75, 3.05) is 11.2 Å². The molecule has 1 aromatic rings. The van der Waals surface area contributed by atoms with Crippen LogP contribution < -0.4 is 5.32 Å². The molecule has 0 aliphatic rings. The Kier molecular flexibility index (Phi) is 3.63. The SMILES string of the molecule is Cc1nn(C)c(C)c1NC(=O)C(C)(C)CCl. The van der Waals surface area contributed by atoms with Crippen LogP contribution >= 0.6 is 11.6 Å². The highest BCUT2D eigenvalue weighted by Crippen LogP contribution is 2.23. The van der Waals surface area contributed by atoms with Gasteiger partial charge in [0, 0.05) is 12.9 Å². The summed E-state index contributed by atoms with van der Waals surface area (Å²) in [7, 11) is 1.85. The second-order valence-electron chi connectivity index (χ2n) is 4.64. The molecule has 4 nitrogen and oxygen atoms in total. The number of aryl methyl sites for hydroxylation is 2. The summed E-state index contributed by atoms with van der Waals surface area (Å²) in [6.07, 6.45) is 0. The van der Waals surface area contributed by atoms with Crippen molar-refractivity contribution in [1.29, 1.82) is 0 Å². The van der Waals surface area contributed by atoms with Gasteiger partial charge in [-0.05, 0) is 27.7 Å². The van der Waals surface area contributed by atoms with Crippen LogP contribution in [-0.2, 0) is 11.8 Å². The number of nitrogens with one attached hydrogen (secondary N) is 1. The smallest absolute Gasteiger partial charge is 0.231 e. The molecule has 0 saturated heterocycles. The van der Waals surface area contributed by atoms with Crippen LogP contribution in [0.3, 0.4) is 0 Å². The van der Waals surface area contributed by atoms with Gasteiger partial charge in [-0.1, -0.05) is 0 Å². The summed E-state index contributed by atoms with van der Waals surface area (Å²) in [5.74, 6) is 0.207. The molecule has 90 valence electrons. The molecule has 0 atom stereocenters. The van der Waals surface area contributed by atoms with E-state index >= 15 is 0 Å². The molecular formula is C11H18ClN3O. The monoisotopic (exact) mass is 243 g/mol. The Morgan fingerprint density at radius 1 is 1.50 bits per heavy atom. The normalized spacial score (nSPS) is 11.6. The maximum absolute atomic E-state index is 11.9. The van der Waals surface area contributed by atoms with E-state index in [-0.39, 0.29) is 11.8 Å². The fraction of sp³-hybridized carbons (Fsp3) is 0.636. The minimum atomic E-state index is -0.573. The Morgan fingerprint density at radius 3 is 2.44 bits per heavy atom. The van der Waals surface area contributed by atoms with Crippen LogP contribution in [-0.4, -0.2) is 21.6 Å². The van der Waals surface area contributed by atoms with Gasteiger partial charge in [0.2, 0.25) is 5.91 Å². The zero-order valence-electron chi connectivity index (χ0n) is 10.4. The van der Waals surface area contributed by atoms with E-state index in [1.54, 1.807) is 4.68 Å². The fourth-order valence-electron chi connectivity index (χ4n) is 1.30. The molecule has 0 aliphatic heterocycles. The number of amides is 1. The number of aromatic nitrogens is 2. The average molecular weight is 244 g/mol. The van der Waals surface area contributed by atoms with E-state index < -0.39 is 5.41 Å². The van der Waals surface area contributed by atoms with Crippen molar-refractivity contribution in [3.05, 3.63) is 11.4 Å². The second kappa shape index (κ2) is 4.45. The maximum atomic E-state index is 11.9. The summed E-state index contributed by atoms with van der Waals surface area (Å²) in [6, 6.07) is 0. The Morgan fingerprint density at radius 2 is 2.06 bits per heavy atom. The summed E-state index contributed by atoms with van der Waals surface area (Å²) in [5.41, 5.74) is 1.97. The van der Waals surface area contributed by atoms with Crippen LogP contribution in [0.4, 0.5) is 5.69 Å². The molecule has 1 rings (SSSR count). The van der Waals surface area contributed by atoms with Crippen molar-refractivity contribution in [3.63, 3.8) is 0 Å². The lowest BCUT2D eigenvalue weighted by atomic mass is 9.95. The minimum absolute atomic E-state index is 0.0818. The van der Waals surface area contributed by atoms with Gasteiger partial charge in [-0.3, -0.25) is 9.48 Å². The van der Waals surface area contributed by atoms with Gasteiger partial charge < -0.3 is 5.32 Å². The number of carbonyl (C=O) groups excluding carboxylic acids is 1. The lowest BCUT2D eigenvalue weighted by Gasteiger charge is -2.20. The number of alkyl halides is 1. The molecule has 0 bridgehead atoms. The Bertz CT molecular complexity index is 410. The summed E-state index contributed by atoms with van der Waals surface area (Å²) < 4.78 is 1.75. The van der Waals surface area contributed by atoms with E-state index in [0.717, 1.165) is 17.1 Å². The number of nitrogens with zero attached hydrogens (tertiary/aromatic N) is 2. The first kappa shape index (κ1) is 13.0. The lowest BCUT2D eigenvalue weighted by Crippen LogP contribution is -2.32. The first-order valence-electron chi connectivity index (χ1n) is 5.17. The minimum Gasteiger partial charge on any atom is -0.322 e. The van der Waals surface area contributed by atoms with E-state index in [2.05, 4.69) is 10.4 Å². The van der Waals surface area contributed by atoms with Crippen LogP contribution in [0.5, 0.6) is 0 Å². The van der Waals surface area contributed by atoms with E-state index in [0.29, 0.717) is 0 Å². The fourth-order valence-corrected chi connectivity index (χ4v) is 1.42. The molecule has 5 heteroatoms. The number of halogens is 1. The van der Waals surface area contributed by atoms with Gasteiger partial charge in [0.15, 0.2) is 0 Å². The first-order valence-corrected chi connectivity index (χ1v) is 5.70. The van der Waals surface area contributed by atoms with Gasteiger partial charge in [-0.25, -0.2) is 0 Å².